The van der Waals surface area contributed by atoms with Gasteiger partial charge in [-0.25, -0.2) is 19.7 Å². The van der Waals surface area contributed by atoms with Crippen molar-refractivity contribution in [1.82, 2.24) is 19.9 Å². The molecule has 0 unspecified atom stereocenters. The Balaban J connectivity index is 1.57. The SMILES string of the molecule is Cc1nc(CC2CCN(C(=O)OC(C)(C)C)CC2)cc(Nc2ncc(C)s2)n1. The molecule has 1 N–H and O–H groups in total. The summed E-state index contributed by atoms with van der Waals surface area (Å²) in [6.07, 6.45) is 4.43. The van der Waals surface area contributed by atoms with Gasteiger partial charge in [-0.05, 0) is 59.8 Å². The standard InChI is InChI=1S/C20H29N5O2S/c1-13-12-21-18(28-13)24-17-11-16(22-14(2)23-17)10-15-6-8-25(9-7-15)19(26)27-20(3,4)5/h11-12,15H,6-10H2,1-5H3,(H,21,22,23,24). The van der Waals surface area contributed by atoms with Gasteiger partial charge in [0.15, 0.2) is 5.13 Å². The van der Waals surface area contributed by atoms with Gasteiger partial charge in [0.2, 0.25) is 0 Å². The molecule has 0 spiro atoms. The molecule has 3 rings (SSSR count). The zero-order valence-electron chi connectivity index (χ0n) is 17.3. The molecule has 7 nitrogen and oxygen atoms in total. The van der Waals surface area contributed by atoms with Crippen LogP contribution in [-0.4, -0.2) is 44.6 Å². The van der Waals surface area contributed by atoms with Crippen LogP contribution in [0.2, 0.25) is 0 Å². The van der Waals surface area contributed by atoms with E-state index in [0.717, 1.165) is 59.7 Å². The second kappa shape index (κ2) is 8.43. The average Bonchev–Trinajstić information content (AvgIpc) is 2.98. The van der Waals surface area contributed by atoms with Gasteiger partial charge in [0.25, 0.3) is 0 Å². The molecule has 28 heavy (non-hydrogen) atoms. The molecule has 0 saturated carbocycles. The molecule has 0 radical (unpaired) electrons. The molecule has 1 aliphatic rings. The Bertz CT molecular complexity index is 822. The Morgan fingerprint density at radius 2 is 2.00 bits per heavy atom. The zero-order valence-corrected chi connectivity index (χ0v) is 18.1. The molecule has 0 bridgehead atoms. The first-order valence-electron chi connectivity index (χ1n) is 9.70. The molecule has 1 saturated heterocycles. The van der Waals surface area contributed by atoms with E-state index >= 15 is 0 Å². The quantitative estimate of drug-likeness (QED) is 0.810. The van der Waals surface area contributed by atoms with Gasteiger partial charge in [-0.15, -0.1) is 11.3 Å². The fraction of sp³-hybridized carbons (Fsp3) is 0.600. The number of thiazole rings is 1. The molecule has 152 valence electrons. The molecular formula is C20H29N5O2S. The molecule has 1 aliphatic heterocycles. The highest BCUT2D eigenvalue weighted by molar-refractivity contribution is 7.15. The maximum atomic E-state index is 12.2. The van der Waals surface area contributed by atoms with Crippen LogP contribution in [-0.2, 0) is 11.2 Å². The lowest BCUT2D eigenvalue weighted by Crippen LogP contribution is -2.42. The number of carbonyl (C=O) groups is 1. The molecule has 2 aromatic rings. The molecule has 0 atom stereocenters. The largest absolute Gasteiger partial charge is 0.444 e. The zero-order chi connectivity index (χ0) is 20.3. The summed E-state index contributed by atoms with van der Waals surface area (Å²) in [6, 6.07) is 2.00. The summed E-state index contributed by atoms with van der Waals surface area (Å²) >= 11 is 1.60. The molecule has 1 fully saturated rings. The van der Waals surface area contributed by atoms with Crippen LogP contribution in [0.1, 0.15) is 50.0 Å². The van der Waals surface area contributed by atoms with E-state index in [1.54, 1.807) is 11.3 Å². The van der Waals surface area contributed by atoms with Gasteiger partial charge in [0.1, 0.15) is 17.2 Å². The van der Waals surface area contributed by atoms with E-state index in [1.165, 1.54) is 0 Å². The monoisotopic (exact) mass is 403 g/mol. The van der Waals surface area contributed by atoms with E-state index in [2.05, 4.69) is 20.3 Å². The third-order valence-corrected chi connectivity index (χ3v) is 5.34. The average molecular weight is 404 g/mol. The Morgan fingerprint density at radius 3 is 2.61 bits per heavy atom. The minimum absolute atomic E-state index is 0.214. The summed E-state index contributed by atoms with van der Waals surface area (Å²) in [4.78, 5) is 28.6. The van der Waals surface area contributed by atoms with Crippen molar-refractivity contribution in [2.24, 2.45) is 5.92 Å². The van der Waals surface area contributed by atoms with E-state index in [0.29, 0.717) is 5.92 Å². The summed E-state index contributed by atoms with van der Waals surface area (Å²) in [6.45, 7) is 11.1. The summed E-state index contributed by atoms with van der Waals surface area (Å²) < 4.78 is 5.47. The lowest BCUT2D eigenvalue weighted by molar-refractivity contribution is 0.0184. The number of hydrogen-bond acceptors (Lipinski definition) is 7. The van der Waals surface area contributed by atoms with Gasteiger partial charge in [-0.3, -0.25) is 0 Å². The van der Waals surface area contributed by atoms with Crippen molar-refractivity contribution in [2.45, 2.75) is 59.5 Å². The Labute approximate surface area is 170 Å². The molecule has 8 heteroatoms. The van der Waals surface area contributed by atoms with Crippen molar-refractivity contribution in [2.75, 3.05) is 18.4 Å². The van der Waals surface area contributed by atoms with Crippen LogP contribution in [0.5, 0.6) is 0 Å². The van der Waals surface area contributed by atoms with Gasteiger partial charge in [0, 0.05) is 35.9 Å². The second-order valence-electron chi connectivity index (χ2n) is 8.31. The van der Waals surface area contributed by atoms with Crippen LogP contribution in [0.25, 0.3) is 0 Å². The highest BCUT2D eigenvalue weighted by Gasteiger charge is 2.27. The molecule has 1 amide bonds. The van der Waals surface area contributed by atoms with Crippen LogP contribution in [0.15, 0.2) is 12.3 Å². The smallest absolute Gasteiger partial charge is 0.410 e. The maximum absolute atomic E-state index is 12.2. The molecular weight excluding hydrogens is 374 g/mol. The number of piperidine rings is 1. The number of aryl methyl sites for hydroxylation is 2. The highest BCUT2D eigenvalue weighted by atomic mass is 32.1. The number of likely N-dealkylation sites (tertiary alicyclic amines) is 1. The van der Waals surface area contributed by atoms with Crippen LogP contribution < -0.4 is 5.32 Å². The summed E-state index contributed by atoms with van der Waals surface area (Å²) in [5, 5.41) is 4.11. The van der Waals surface area contributed by atoms with Crippen molar-refractivity contribution in [3.05, 3.63) is 28.7 Å². The van der Waals surface area contributed by atoms with Crippen LogP contribution in [0.4, 0.5) is 15.7 Å². The Hall–Kier alpha value is -2.22. The third kappa shape index (κ3) is 5.89. The van der Waals surface area contributed by atoms with Crippen molar-refractivity contribution >= 4 is 28.4 Å². The first kappa shape index (κ1) is 20.5. The van der Waals surface area contributed by atoms with Crippen molar-refractivity contribution in [1.29, 1.82) is 0 Å². The number of hydrogen-bond donors (Lipinski definition) is 1. The fourth-order valence-corrected chi connectivity index (χ4v) is 3.93. The number of aromatic nitrogens is 3. The minimum Gasteiger partial charge on any atom is -0.444 e. The first-order valence-corrected chi connectivity index (χ1v) is 10.5. The third-order valence-electron chi connectivity index (χ3n) is 4.51. The first-order chi connectivity index (χ1) is 13.2. The predicted molar refractivity (Wildman–Crippen MR) is 111 cm³/mol. The molecule has 0 aromatic carbocycles. The van der Waals surface area contributed by atoms with Gasteiger partial charge >= 0.3 is 6.09 Å². The number of nitrogens with one attached hydrogen (secondary N) is 1. The Kier molecular flexibility index (Phi) is 6.17. The van der Waals surface area contributed by atoms with Crippen molar-refractivity contribution in [3.8, 4) is 0 Å². The number of anilines is 2. The van der Waals surface area contributed by atoms with Gasteiger partial charge in [-0.1, -0.05) is 0 Å². The van der Waals surface area contributed by atoms with Crippen LogP contribution >= 0.6 is 11.3 Å². The summed E-state index contributed by atoms with van der Waals surface area (Å²) in [5.41, 5.74) is 0.574. The second-order valence-corrected chi connectivity index (χ2v) is 9.54. The summed E-state index contributed by atoms with van der Waals surface area (Å²) in [7, 11) is 0. The van der Waals surface area contributed by atoms with Crippen molar-refractivity contribution < 1.29 is 9.53 Å². The van der Waals surface area contributed by atoms with Crippen molar-refractivity contribution in [3.63, 3.8) is 0 Å². The number of carbonyl (C=O) groups excluding carboxylic acids is 1. The normalized spacial score (nSPS) is 15.5. The Morgan fingerprint density at radius 1 is 1.29 bits per heavy atom. The molecule has 3 heterocycles. The van der Waals surface area contributed by atoms with Crippen LogP contribution in [0, 0.1) is 19.8 Å². The van der Waals surface area contributed by atoms with Gasteiger partial charge in [0.05, 0.1) is 0 Å². The molecule has 0 aliphatic carbocycles. The van der Waals surface area contributed by atoms with E-state index in [1.807, 2.05) is 51.8 Å². The lowest BCUT2D eigenvalue weighted by atomic mass is 9.92. The topological polar surface area (TPSA) is 80.2 Å². The summed E-state index contributed by atoms with van der Waals surface area (Å²) in [5.74, 6) is 2.03. The van der Waals surface area contributed by atoms with E-state index in [-0.39, 0.29) is 6.09 Å². The number of ether oxygens (including phenoxy) is 1. The van der Waals surface area contributed by atoms with Crippen LogP contribution in [0.3, 0.4) is 0 Å². The minimum atomic E-state index is -0.453. The van der Waals surface area contributed by atoms with E-state index < -0.39 is 5.60 Å². The fourth-order valence-electron chi connectivity index (χ4n) is 3.26. The van der Waals surface area contributed by atoms with Gasteiger partial charge in [-0.2, -0.15) is 0 Å². The van der Waals surface area contributed by atoms with Gasteiger partial charge < -0.3 is 15.0 Å². The number of amides is 1. The number of nitrogens with zero attached hydrogens (tertiary/aromatic N) is 4. The molecule has 2 aromatic heterocycles. The number of rotatable bonds is 4. The predicted octanol–water partition coefficient (Wildman–Crippen LogP) is 4.48. The highest BCUT2D eigenvalue weighted by Crippen LogP contribution is 2.25. The van der Waals surface area contributed by atoms with E-state index in [9.17, 15) is 4.79 Å². The lowest BCUT2D eigenvalue weighted by Gasteiger charge is -2.33. The van der Waals surface area contributed by atoms with E-state index in [4.69, 9.17) is 4.74 Å². The maximum Gasteiger partial charge on any atom is 0.410 e.